The van der Waals surface area contributed by atoms with Gasteiger partial charge in [0.15, 0.2) is 0 Å². The van der Waals surface area contributed by atoms with Crippen molar-refractivity contribution in [2.24, 2.45) is 11.7 Å². The number of carbonyl (C=O) groups excluding carboxylic acids is 1. The van der Waals surface area contributed by atoms with E-state index in [0.717, 1.165) is 17.5 Å². The minimum atomic E-state index is -4.62. The van der Waals surface area contributed by atoms with Crippen LogP contribution in [0.15, 0.2) is 0 Å². The number of halogens is 3. The molecule has 1 atom stereocenters. The molecule has 0 aromatic carbocycles. The number of hydrogen-bond donors (Lipinski definition) is 1. The van der Waals surface area contributed by atoms with Gasteiger partial charge in [0.1, 0.15) is 11.3 Å². The fraction of sp³-hybridized carbons (Fsp3) is 0.714. The molecule has 1 unspecified atom stereocenters. The number of hydrogen-bond acceptors (Lipinski definition) is 3. The molecular formula is C14H18F3N3O2. The first-order chi connectivity index (χ1) is 10.4. The Morgan fingerprint density at radius 1 is 1.36 bits per heavy atom. The van der Waals surface area contributed by atoms with Gasteiger partial charge in [0, 0.05) is 25.0 Å². The zero-order valence-electron chi connectivity index (χ0n) is 12.0. The van der Waals surface area contributed by atoms with Crippen molar-refractivity contribution >= 4 is 5.91 Å². The lowest BCUT2D eigenvalue weighted by Gasteiger charge is -2.22. The van der Waals surface area contributed by atoms with Crippen molar-refractivity contribution < 1.29 is 22.7 Å². The summed E-state index contributed by atoms with van der Waals surface area (Å²) in [7, 11) is 0. The molecule has 1 aromatic rings. The van der Waals surface area contributed by atoms with Gasteiger partial charge in [-0.25, -0.2) is 0 Å². The maximum atomic E-state index is 13.4. The van der Waals surface area contributed by atoms with Crippen LogP contribution in [0.1, 0.15) is 53.3 Å². The minimum Gasteiger partial charge on any atom is -0.381 e. The minimum absolute atomic E-state index is 0.0296. The standard InChI is InChI=1S/C14H18F3N3O2/c15-14(16,17)10-11(9-3-4-9)19-20(12(10)13(18)21)6-8-2-1-5-22-7-8/h8-9H,1-7H2,(H2,18,21). The lowest BCUT2D eigenvalue weighted by Crippen LogP contribution is -2.27. The summed E-state index contributed by atoms with van der Waals surface area (Å²) in [5, 5.41) is 4.09. The van der Waals surface area contributed by atoms with Crippen LogP contribution >= 0.6 is 0 Å². The van der Waals surface area contributed by atoms with Gasteiger partial charge in [-0.1, -0.05) is 0 Å². The molecular weight excluding hydrogens is 299 g/mol. The molecule has 2 heterocycles. The van der Waals surface area contributed by atoms with Gasteiger partial charge in [0.2, 0.25) is 0 Å². The second kappa shape index (κ2) is 5.57. The largest absolute Gasteiger partial charge is 0.420 e. The predicted octanol–water partition coefficient (Wildman–Crippen LogP) is 2.30. The molecule has 1 amide bonds. The van der Waals surface area contributed by atoms with Gasteiger partial charge in [-0.3, -0.25) is 9.48 Å². The van der Waals surface area contributed by atoms with E-state index in [0.29, 0.717) is 26.1 Å². The predicted molar refractivity (Wildman–Crippen MR) is 71.3 cm³/mol. The number of amides is 1. The van der Waals surface area contributed by atoms with Gasteiger partial charge in [-0.05, 0) is 25.7 Å². The summed E-state index contributed by atoms with van der Waals surface area (Å²) < 4.78 is 46.6. The third-order valence-corrected chi connectivity index (χ3v) is 4.15. The molecule has 22 heavy (non-hydrogen) atoms. The van der Waals surface area contributed by atoms with E-state index in [-0.39, 0.29) is 24.1 Å². The van der Waals surface area contributed by atoms with E-state index in [1.54, 1.807) is 0 Å². The molecule has 2 N–H and O–H groups in total. The lowest BCUT2D eigenvalue weighted by molar-refractivity contribution is -0.138. The first-order valence-electron chi connectivity index (χ1n) is 7.43. The molecule has 122 valence electrons. The molecule has 0 bridgehead atoms. The van der Waals surface area contributed by atoms with Crippen LogP contribution in [0.5, 0.6) is 0 Å². The highest BCUT2D eigenvalue weighted by molar-refractivity contribution is 5.93. The number of aromatic nitrogens is 2. The highest BCUT2D eigenvalue weighted by Gasteiger charge is 2.45. The molecule has 8 heteroatoms. The SMILES string of the molecule is NC(=O)c1c(C(F)(F)F)c(C2CC2)nn1CC1CCCOC1. The molecule has 1 aliphatic heterocycles. The van der Waals surface area contributed by atoms with Crippen LogP contribution < -0.4 is 5.73 Å². The van der Waals surface area contributed by atoms with Crippen molar-refractivity contribution in [2.45, 2.75) is 44.3 Å². The highest BCUT2D eigenvalue weighted by atomic mass is 19.4. The molecule has 2 fully saturated rings. The highest BCUT2D eigenvalue weighted by Crippen LogP contribution is 2.46. The summed E-state index contributed by atoms with van der Waals surface area (Å²) in [5.41, 5.74) is 3.73. The van der Waals surface area contributed by atoms with Crippen molar-refractivity contribution in [1.29, 1.82) is 0 Å². The number of primary amides is 1. The number of rotatable bonds is 4. The fourth-order valence-electron chi connectivity index (χ4n) is 2.98. The average Bonchev–Trinajstić information content (AvgIpc) is 3.20. The van der Waals surface area contributed by atoms with Gasteiger partial charge >= 0.3 is 6.18 Å². The van der Waals surface area contributed by atoms with E-state index in [1.165, 1.54) is 0 Å². The topological polar surface area (TPSA) is 70.1 Å². The van der Waals surface area contributed by atoms with Crippen molar-refractivity contribution in [3.8, 4) is 0 Å². The molecule has 1 aromatic heterocycles. The lowest BCUT2D eigenvalue weighted by atomic mass is 10.0. The average molecular weight is 317 g/mol. The van der Waals surface area contributed by atoms with Crippen LogP contribution in [0.3, 0.4) is 0 Å². The van der Waals surface area contributed by atoms with E-state index >= 15 is 0 Å². The van der Waals surface area contributed by atoms with E-state index in [2.05, 4.69) is 5.10 Å². The Morgan fingerprint density at radius 2 is 2.09 bits per heavy atom. The van der Waals surface area contributed by atoms with E-state index < -0.39 is 23.3 Å². The molecule has 1 saturated heterocycles. The molecule has 0 radical (unpaired) electrons. The maximum absolute atomic E-state index is 13.4. The summed E-state index contributed by atoms with van der Waals surface area (Å²) in [5.74, 6) is -1.23. The van der Waals surface area contributed by atoms with E-state index in [4.69, 9.17) is 10.5 Å². The molecule has 1 aliphatic carbocycles. The van der Waals surface area contributed by atoms with Crippen LogP contribution in [0.2, 0.25) is 0 Å². The van der Waals surface area contributed by atoms with Crippen LogP contribution in [-0.2, 0) is 17.5 Å². The third kappa shape index (κ3) is 2.97. The van der Waals surface area contributed by atoms with Gasteiger partial charge in [-0.2, -0.15) is 18.3 Å². The Bertz CT molecular complexity index is 573. The van der Waals surface area contributed by atoms with Gasteiger partial charge < -0.3 is 10.5 Å². The zero-order chi connectivity index (χ0) is 15.9. The summed E-state index contributed by atoms with van der Waals surface area (Å²) in [6.45, 7) is 1.37. The van der Waals surface area contributed by atoms with Crippen LogP contribution in [0.4, 0.5) is 13.2 Å². The number of nitrogens with zero attached hydrogens (tertiary/aromatic N) is 2. The number of ether oxygens (including phenoxy) is 1. The van der Waals surface area contributed by atoms with Crippen LogP contribution in [0, 0.1) is 5.92 Å². The van der Waals surface area contributed by atoms with E-state index in [1.807, 2.05) is 0 Å². The Kier molecular flexibility index (Phi) is 3.88. The van der Waals surface area contributed by atoms with Gasteiger partial charge in [0.05, 0.1) is 12.3 Å². The summed E-state index contributed by atoms with van der Waals surface area (Å²) >= 11 is 0. The molecule has 1 saturated carbocycles. The molecule has 0 spiro atoms. The third-order valence-electron chi connectivity index (χ3n) is 4.15. The molecule has 3 rings (SSSR count). The number of carbonyl (C=O) groups is 1. The van der Waals surface area contributed by atoms with Gasteiger partial charge in [-0.15, -0.1) is 0 Å². The van der Waals surface area contributed by atoms with Crippen LogP contribution in [0.25, 0.3) is 0 Å². The maximum Gasteiger partial charge on any atom is 0.420 e. The summed E-state index contributed by atoms with van der Waals surface area (Å²) in [6.07, 6.45) is -1.57. The monoisotopic (exact) mass is 317 g/mol. The number of nitrogens with two attached hydrogens (primary N) is 1. The van der Waals surface area contributed by atoms with Crippen molar-refractivity contribution in [3.63, 3.8) is 0 Å². The quantitative estimate of drug-likeness (QED) is 0.926. The second-order valence-corrected chi connectivity index (χ2v) is 6.01. The smallest absolute Gasteiger partial charge is 0.381 e. The molecule has 5 nitrogen and oxygen atoms in total. The first-order valence-corrected chi connectivity index (χ1v) is 7.43. The van der Waals surface area contributed by atoms with Gasteiger partial charge in [0.25, 0.3) is 5.91 Å². The Labute approximate surface area is 125 Å². The summed E-state index contributed by atoms with van der Waals surface area (Å²) in [6, 6.07) is 0. The zero-order valence-corrected chi connectivity index (χ0v) is 12.0. The summed E-state index contributed by atoms with van der Waals surface area (Å²) in [4.78, 5) is 11.6. The fourth-order valence-corrected chi connectivity index (χ4v) is 2.98. The Hall–Kier alpha value is -1.57. The van der Waals surface area contributed by atoms with Crippen molar-refractivity contribution in [1.82, 2.24) is 9.78 Å². The Morgan fingerprint density at radius 3 is 2.59 bits per heavy atom. The number of alkyl halides is 3. The first kappa shape index (κ1) is 15.3. The normalized spacial score (nSPS) is 22.8. The second-order valence-electron chi connectivity index (χ2n) is 6.01. The Balaban J connectivity index is 1.99. The van der Waals surface area contributed by atoms with Crippen molar-refractivity contribution in [3.05, 3.63) is 17.0 Å². The van der Waals surface area contributed by atoms with Crippen LogP contribution in [-0.4, -0.2) is 28.9 Å². The van der Waals surface area contributed by atoms with E-state index in [9.17, 15) is 18.0 Å². The molecule has 2 aliphatic rings. The van der Waals surface area contributed by atoms with Crippen molar-refractivity contribution in [2.75, 3.05) is 13.2 Å².